The van der Waals surface area contributed by atoms with Crippen LogP contribution in [0.1, 0.15) is 37.7 Å². The van der Waals surface area contributed by atoms with Crippen molar-refractivity contribution >= 4 is 16.9 Å². The minimum atomic E-state index is -0.359. The summed E-state index contributed by atoms with van der Waals surface area (Å²) in [6.45, 7) is 8.26. The second-order valence-corrected chi connectivity index (χ2v) is 5.92. The van der Waals surface area contributed by atoms with Gasteiger partial charge in [0.1, 0.15) is 0 Å². The Morgan fingerprint density at radius 1 is 1.09 bits per heavy atom. The number of imidazole rings is 2. The van der Waals surface area contributed by atoms with Crippen molar-refractivity contribution in [2.24, 2.45) is 14.1 Å². The molecule has 0 aliphatic heterocycles. The fourth-order valence-corrected chi connectivity index (χ4v) is 3.06. The van der Waals surface area contributed by atoms with Gasteiger partial charge in [0.25, 0.3) is 5.56 Å². The van der Waals surface area contributed by atoms with Crippen LogP contribution in [0.3, 0.4) is 0 Å². The Balaban J connectivity index is 2.64. The number of fused-ring (bicyclic) bond motifs is 3. The molecular formula is C15H21N5O2. The molecule has 22 heavy (non-hydrogen) atoms. The zero-order chi connectivity index (χ0) is 16.3. The molecule has 0 saturated heterocycles. The molecule has 0 unspecified atom stereocenters. The van der Waals surface area contributed by atoms with Gasteiger partial charge < -0.3 is 4.57 Å². The molecular weight excluding hydrogens is 282 g/mol. The van der Waals surface area contributed by atoms with E-state index in [1.165, 1.54) is 11.6 Å². The van der Waals surface area contributed by atoms with E-state index in [4.69, 9.17) is 0 Å². The van der Waals surface area contributed by atoms with Crippen molar-refractivity contribution in [2.45, 2.75) is 40.2 Å². The Morgan fingerprint density at radius 2 is 1.73 bits per heavy atom. The lowest BCUT2D eigenvalue weighted by molar-refractivity contribution is 0.532. The van der Waals surface area contributed by atoms with Crippen LogP contribution in [-0.4, -0.2) is 23.1 Å². The summed E-state index contributed by atoms with van der Waals surface area (Å²) >= 11 is 0. The Hall–Kier alpha value is -2.31. The van der Waals surface area contributed by atoms with Crippen molar-refractivity contribution in [3.05, 3.63) is 32.2 Å². The average Bonchev–Trinajstić information content (AvgIpc) is 2.99. The first kappa shape index (κ1) is 14.6. The number of aromatic nitrogens is 5. The van der Waals surface area contributed by atoms with Crippen LogP contribution >= 0.6 is 0 Å². The van der Waals surface area contributed by atoms with Crippen molar-refractivity contribution in [1.29, 1.82) is 0 Å². The minimum Gasteiger partial charge on any atom is -0.311 e. The maximum Gasteiger partial charge on any atom is 0.332 e. The minimum absolute atomic E-state index is 0.272. The van der Waals surface area contributed by atoms with Gasteiger partial charge in [-0.15, -0.1) is 0 Å². The SMILES string of the molecule is CC[C@H](C)n1c(C)c(C)n2c3c(=O)n(C)c(=O)n(C)c3nc12. The Kier molecular flexibility index (Phi) is 3.05. The first-order chi connectivity index (χ1) is 10.3. The van der Waals surface area contributed by atoms with Gasteiger partial charge in [-0.25, -0.2) is 4.79 Å². The van der Waals surface area contributed by atoms with E-state index in [0.29, 0.717) is 11.2 Å². The molecule has 0 aromatic carbocycles. The van der Waals surface area contributed by atoms with Crippen molar-refractivity contribution in [3.63, 3.8) is 0 Å². The zero-order valence-electron chi connectivity index (χ0n) is 13.8. The smallest absolute Gasteiger partial charge is 0.311 e. The largest absolute Gasteiger partial charge is 0.332 e. The van der Waals surface area contributed by atoms with Crippen LogP contribution in [0, 0.1) is 13.8 Å². The number of aryl methyl sites for hydroxylation is 2. The molecule has 3 heterocycles. The molecule has 3 aromatic rings. The van der Waals surface area contributed by atoms with E-state index in [-0.39, 0.29) is 17.3 Å². The highest BCUT2D eigenvalue weighted by molar-refractivity contribution is 5.76. The zero-order valence-corrected chi connectivity index (χ0v) is 13.8. The first-order valence-corrected chi connectivity index (χ1v) is 7.46. The fraction of sp³-hybridized carbons (Fsp3) is 0.533. The highest BCUT2D eigenvalue weighted by atomic mass is 16.2. The summed E-state index contributed by atoms with van der Waals surface area (Å²) in [6.07, 6.45) is 0.963. The van der Waals surface area contributed by atoms with Gasteiger partial charge in [0.05, 0.1) is 0 Å². The molecule has 0 bridgehead atoms. The van der Waals surface area contributed by atoms with E-state index in [1.807, 2.05) is 18.2 Å². The van der Waals surface area contributed by atoms with E-state index in [2.05, 4.69) is 23.4 Å². The maximum atomic E-state index is 12.6. The van der Waals surface area contributed by atoms with Gasteiger partial charge in [0, 0.05) is 31.5 Å². The molecule has 0 amide bonds. The monoisotopic (exact) mass is 303 g/mol. The summed E-state index contributed by atoms with van der Waals surface area (Å²) in [6, 6.07) is 0.272. The summed E-state index contributed by atoms with van der Waals surface area (Å²) in [5, 5.41) is 0. The van der Waals surface area contributed by atoms with Crippen LogP contribution < -0.4 is 11.2 Å². The van der Waals surface area contributed by atoms with Crippen LogP contribution in [0.4, 0.5) is 0 Å². The molecule has 0 aliphatic rings. The number of rotatable bonds is 2. The highest BCUT2D eigenvalue weighted by Gasteiger charge is 2.23. The highest BCUT2D eigenvalue weighted by Crippen LogP contribution is 2.25. The van der Waals surface area contributed by atoms with E-state index in [0.717, 1.165) is 28.2 Å². The van der Waals surface area contributed by atoms with Crippen LogP contribution in [0.5, 0.6) is 0 Å². The van der Waals surface area contributed by atoms with Gasteiger partial charge >= 0.3 is 5.69 Å². The molecule has 0 saturated carbocycles. The van der Waals surface area contributed by atoms with Crippen molar-refractivity contribution < 1.29 is 0 Å². The van der Waals surface area contributed by atoms with Gasteiger partial charge in [-0.2, -0.15) is 4.98 Å². The molecule has 7 nitrogen and oxygen atoms in total. The molecule has 3 rings (SSSR count). The van der Waals surface area contributed by atoms with Crippen LogP contribution in [0.15, 0.2) is 9.59 Å². The third-order valence-corrected chi connectivity index (χ3v) is 4.71. The van der Waals surface area contributed by atoms with Crippen molar-refractivity contribution in [1.82, 2.24) is 23.1 Å². The quantitative estimate of drug-likeness (QED) is 0.716. The third kappa shape index (κ3) is 1.59. The van der Waals surface area contributed by atoms with Crippen LogP contribution in [-0.2, 0) is 14.1 Å². The van der Waals surface area contributed by atoms with Crippen molar-refractivity contribution in [2.75, 3.05) is 0 Å². The van der Waals surface area contributed by atoms with Crippen molar-refractivity contribution in [3.8, 4) is 0 Å². The topological polar surface area (TPSA) is 66.2 Å². The van der Waals surface area contributed by atoms with Gasteiger partial charge in [-0.1, -0.05) is 6.92 Å². The summed E-state index contributed by atoms with van der Waals surface area (Å²) in [5.41, 5.74) is 2.30. The van der Waals surface area contributed by atoms with Crippen LogP contribution in [0.2, 0.25) is 0 Å². The molecule has 0 radical (unpaired) electrons. The molecule has 0 aliphatic carbocycles. The standard InChI is InChI=1S/C15H21N5O2/c1-7-8(2)19-9(3)10(4)20-11-12(16-14(19)20)17(5)15(22)18(6)13(11)21/h8H,7H2,1-6H3/t8-/m0/s1. The van der Waals surface area contributed by atoms with Gasteiger partial charge in [-0.05, 0) is 27.2 Å². The van der Waals surface area contributed by atoms with E-state index in [1.54, 1.807) is 7.05 Å². The molecule has 7 heteroatoms. The predicted molar refractivity (Wildman–Crippen MR) is 85.6 cm³/mol. The molecule has 118 valence electrons. The Morgan fingerprint density at radius 3 is 2.32 bits per heavy atom. The summed E-state index contributed by atoms with van der Waals surface area (Å²) in [4.78, 5) is 29.3. The number of hydrogen-bond acceptors (Lipinski definition) is 3. The molecule has 0 fully saturated rings. The summed E-state index contributed by atoms with van der Waals surface area (Å²) in [7, 11) is 3.14. The molecule has 1 atom stereocenters. The van der Waals surface area contributed by atoms with Crippen LogP contribution in [0.25, 0.3) is 16.9 Å². The Labute approximate surface area is 127 Å². The summed E-state index contributed by atoms with van der Waals surface area (Å²) < 4.78 is 6.57. The normalized spacial score (nSPS) is 13.4. The van der Waals surface area contributed by atoms with Gasteiger partial charge in [-0.3, -0.25) is 18.3 Å². The molecule has 3 aromatic heterocycles. The number of nitrogens with zero attached hydrogens (tertiary/aromatic N) is 5. The lowest BCUT2D eigenvalue weighted by Gasteiger charge is -2.13. The van der Waals surface area contributed by atoms with E-state index >= 15 is 0 Å². The molecule has 0 N–H and O–H groups in total. The average molecular weight is 303 g/mol. The summed E-state index contributed by atoms with van der Waals surface area (Å²) in [5.74, 6) is 0.720. The predicted octanol–water partition coefficient (Wildman–Crippen LogP) is 1.27. The maximum absolute atomic E-state index is 12.6. The number of hydrogen-bond donors (Lipinski definition) is 0. The lowest BCUT2D eigenvalue weighted by Crippen LogP contribution is -2.37. The van der Waals surface area contributed by atoms with Gasteiger partial charge in [0.15, 0.2) is 11.2 Å². The third-order valence-electron chi connectivity index (χ3n) is 4.71. The first-order valence-electron chi connectivity index (χ1n) is 7.46. The second-order valence-electron chi connectivity index (χ2n) is 5.92. The fourth-order valence-electron chi connectivity index (χ4n) is 3.06. The van der Waals surface area contributed by atoms with E-state index in [9.17, 15) is 9.59 Å². The molecule has 0 spiro atoms. The van der Waals surface area contributed by atoms with Gasteiger partial charge in [0.2, 0.25) is 5.78 Å². The van der Waals surface area contributed by atoms with E-state index < -0.39 is 0 Å². The lowest BCUT2D eigenvalue weighted by atomic mass is 10.2. The Bertz CT molecular complexity index is 1020. The second kappa shape index (κ2) is 4.59.